The zero-order chi connectivity index (χ0) is 24.5. The van der Waals surface area contributed by atoms with Crippen molar-refractivity contribution in [3.05, 3.63) is 59.7 Å². The average Bonchev–Trinajstić information content (AvgIpc) is 3.16. The fraction of sp³-hybridized carbons (Fsp3) is 0.444. The molecule has 2 atom stereocenters. The van der Waals surface area contributed by atoms with E-state index in [-0.39, 0.29) is 30.8 Å². The van der Waals surface area contributed by atoms with Crippen molar-refractivity contribution in [3.8, 4) is 11.1 Å². The normalized spacial score (nSPS) is 13.9. The van der Waals surface area contributed by atoms with Gasteiger partial charge in [-0.15, -0.1) is 0 Å². The first-order valence-electron chi connectivity index (χ1n) is 12.0. The summed E-state index contributed by atoms with van der Waals surface area (Å²) in [5, 5.41) is 14.4. The third-order valence-corrected chi connectivity index (χ3v) is 6.27. The lowest BCUT2D eigenvalue weighted by Crippen LogP contribution is -2.48. The molecule has 0 aromatic heterocycles. The Labute approximate surface area is 200 Å². The third kappa shape index (κ3) is 6.59. The van der Waals surface area contributed by atoms with Crippen molar-refractivity contribution in [1.29, 1.82) is 0 Å². The number of carboxylic acid groups (broad SMARTS) is 1. The summed E-state index contributed by atoms with van der Waals surface area (Å²) in [6.45, 7) is 4.47. The summed E-state index contributed by atoms with van der Waals surface area (Å²) < 4.78 is 5.60. The number of unbranched alkanes of at least 4 members (excludes halogenated alkanes) is 1. The minimum atomic E-state index is -0.851. The van der Waals surface area contributed by atoms with E-state index >= 15 is 0 Å². The minimum absolute atomic E-state index is 0.0290. The fourth-order valence-corrected chi connectivity index (χ4v) is 4.33. The Hall–Kier alpha value is -3.35. The van der Waals surface area contributed by atoms with Crippen LogP contribution in [-0.2, 0) is 14.3 Å². The molecule has 0 heterocycles. The molecule has 1 aliphatic rings. The standard InChI is InChI=1S/C27H34N2O5/c1-3-4-13-24(26(32)28-16-18(2)14-15-25(30)31)29-27(33)34-17-23-21-11-7-5-9-19(21)20-10-6-8-12-22(20)23/h5-12,18,23-24H,3-4,13-17H2,1-2H3,(H,28,32)(H,29,33)(H,30,31)/t18?,24-/m0/s1. The second-order valence-electron chi connectivity index (χ2n) is 8.95. The molecule has 0 spiro atoms. The molecule has 1 unspecified atom stereocenters. The molecule has 3 rings (SSSR count). The van der Waals surface area contributed by atoms with E-state index in [1.165, 1.54) is 0 Å². The van der Waals surface area contributed by atoms with Crippen LogP contribution in [-0.4, -0.2) is 42.3 Å². The number of hydrogen-bond donors (Lipinski definition) is 3. The molecule has 0 bridgehead atoms. The van der Waals surface area contributed by atoms with Gasteiger partial charge in [-0.2, -0.15) is 0 Å². The molecule has 0 saturated heterocycles. The van der Waals surface area contributed by atoms with Gasteiger partial charge in [0.05, 0.1) is 0 Å². The summed E-state index contributed by atoms with van der Waals surface area (Å²) in [5.74, 6) is -1.14. The van der Waals surface area contributed by atoms with E-state index in [9.17, 15) is 14.4 Å². The molecule has 7 nitrogen and oxygen atoms in total. The van der Waals surface area contributed by atoms with E-state index in [1.54, 1.807) is 0 Å². The van der Waals surface area contributed by atoms with E-state index in [2.05, 4.69) is 34.9 Å². The molecule has 34 heavy (non-hydrogen) atoms. The van der Waals surface area contributed by atoms with Gasteiger partial charge in [0.15, 0.2) is 0 Å². The lowest BCUT2D eigenvalue weighted by Gasteiger charge is -2.20. The van der Waals surface area contributed by atoms with Gasteiger partial charge in [0, 0.05) is 18.9 Å². The lowest BCUT2D eigenvalue weighted by molar-refractivity contribution is -0.137. The number of carboxylic acids is 1. The van der Waals surface area contributed by atoms with Crippen LogP contribution in [0.3, 0.4) is 0 Å². The van der Waals surface area contributed by atoms with Gasteiger partial charge in [0.2, 0.25) is 5.91 Å². The maximum Gasteiger partial charge on any atom is 0.407 e. The molecule has 1 aliphatic carbocycles. The number of benzene rings is 2. The summed E-state index contributed by atoms with van der Waals surface area (Å²) in [6, 6.07) is 15.6. The molecule has 0 saturated carbocycles. The number of ether oxygens (including phenoxy) is 1. The van der Waals surface area contributed by atoms with Gasteiger partial charge in [-0.3, -0.25) is 9.59 Å². The van der Waals surface area contributed by atoms with Crippen molar-refractivity contribution < 1.29 is 24.2 Å². The SMILES string of the molecule is CCCC[C@H](NC(=O)OCC1c2ccccc2-c2ccccc21)C(=O)NCC(C)CCC(=O)O. The van der Waals surface area contributed by atoms with Crippen molar-refractivity contribution in [3.63, 3.8) is 0 Å². The highest BCUT2D eigenvalue weighted by molar-refractivity contribution is 5.85. The number of aliphatic carboxylic acids is 1. The Morgan fingerprint density at radius 2 is 1.62 bits per heavy atom. The molecule has 3 N–H and O–H groups in total. The van der Waals surface area contributed by atoms with E-state index in [0.29, 0.717) is 19.4 Å². The van der Waals surface area contributed by atoms with Crippen LogP contribution in [0.4, 0.5) is 4.79 Å². The molecule has 7 heteroatoms. The zero-order valence-electron chi connectivity index (χ0n) is 19.9. The van der Waals surface area contributed by atoms with Crippen molar-refractivity contribution in [2.75, 3.05) is 13.2 Å². The molecular formula is C27H34N2O5. The Kier molecular flexibility index (Phi) is 9.08. The van der Waals surface area contributed by atoms with Crippen molar-refractivity contribution in [1.82, 2.24) is 10.6 Å². The molecule has 2 amide bonds. The largest absolute Gasteiger partial charge is 0.481 e. The number of rotatable bonds is 12. The maximum absolute atomic E-state index is 12.7. The molecule has 0 aliphatic heterocycles. The van der Waals surface area contributed by atoms with Gasteiger partial charge in [-0.1, -0.05) is 75.2 Å². The first kappa shape index (κ1) is 25.3. The topological polar surface area (TPSA) is 105 Å². The molecule has 0 radical (unpaired) electrons. The quantitative estimate of drug-likeness (QED) is 0.421. The predicted molar refractivity (Wildman–Crippen MR) is 131 cm³/mol. The van der Waals surface area contributed by atoms with Crippen molar-refractivity contribution in [2.24, 2.45) is 5.92 Å². The summed E-state index contributed by atoms with van der Waals surface area (Å²) >= 11 is 0. The van der Waals surface area contributed by atoms with Crippen LogP contribution in [0, 0.1) is 5.92 Å². The number of carbonyl (C=O) groups is 3. The van der Waals surface area contributed by atoms with Gasteiger partial charge in [0.25, 0.3) is 0 Å². The van der Waals surface area contributed by atoms with E-state index < -0.39 is 18.1 Å². The molecule has 182 valence electrons. The van der Waals surface area contributed by atoms with Gasteiger partial charge in [-0.05, 0) is 41.0 Å². The Morgan fingerprint density at radius 3 is 2.21 bits per heavy atom. The van der Waals surface area contributed by atoms with E-state index in [0.717, 1.165) is 35.1 Å². The lowest BCUT2D eigenvalue weighted by atomic mass is 9.98. The summed E-state index contributed by atoms with van der Waals surface area (Å²) in [6.07, 6.45) is 2.12. The Morgan fingerprint density at radius 1 is 1.00 bits per heavy atom. The maximum atomic E-state index is 12.7. The molecule has 2 aromatic rings. The highest BCUT2D eigenvalue weighted by atomic mass is 16.5. The van der Waals surface area contributed by atoms with E-state index in [1.807, 2.05) is 38.1 Å². The Bertz CT molecular complexity index is 961. The van der Waals surface area contributed by atoms with Gasteiger partial charge in [-0.25, -0.2) is 4.79 Å². The number of hydrogen-bond acceptors (Lipinski definition) is 4. The monoisotopic (exact) mass is 466 g/mol. The van der Waals surface area contributed by atoms with Crippen LogP contribution in [0.1, 0.15) is 63.0 Å². The predicted octanol–water partition coefficient (Wildman–Crippen LogP) is 4.70. The van der Waals surface area contributed by atoms with Gasteiger partial charge < -0.3 is 20.5 Å². The minimum Gasteiger partial charge on any atom is -0.481 e. The van der Waals surface area contributed by atoms with Crippen LogP contribution in [0.25, 0.3) is 11.1 Å². The van der Waals surface area contributed by atoms with Crippen LogP contribution in [0.5, 0.6) is 0 Å². The number of nitrogens with one attached hydrogen (secondary N) is 2. The second-order valence-corrected chi connectivity index (χ2v) is 8.95. The molecule has 0 fully saturated rings. The zero-order valence-corrected chi connectivity index (χ0v) is 19.9. The highest BCUT2D eigenvalue weighted by Gasteiger charge is 2.29. The fourth-order valence-electron chi connectivity index (χ4n) is 4.33. The summed E-state index contributed by atoms with van der Waals surface area (Å²) in [7, 11) is 0. The molecular weight excluding hydrogens is 432 g/mol. The average molecular weight is 467 g/mol. The van der Waals surface area contributed by atoms with Crippen LogP contribution >= 0.6 is 0 Å². The first-order valence-corrected chi connectivity index (χ1v) is 12.0. The van der Waals surface area contributed by atoms with Crippen LogP contribution < -0.4 is 10.6 Å². The van der Waals surface area contributed by atoms with Gasteiger partial charge in [0.1, 0.15) is 12.6 Å². The van der Waals surface area contributed by atoms with E-state index in [4.69, 9.17) is 9.84 Å². The highest BCUT2D eigenvalue weighted by Crippen LogP contribution is 2.44. The number of carbonyl (C=O) groups excluding carboxylic acids is 2. The first-order chi connectivity index (χ1) is 16.4. The third-order valence-electron chi connectivity index (χ3n) is 6.27. The van der Waals surface area contributed by atoms with Crippen LogP contribution in [0.15, 0.2) is 48.5 Å². The number of alkyl carbamates (subject to hydrolysis) is 1. The number of fused-ring (bicyclic) bond motifs is 3. The van der Waals surface area contributed by atoms with Crippen molar-refractivity contribution in [2.45, 2.75) is 57.9 Å². The smallest absolute Gasteiger partial charge is 0.407 e. The second kappa shape index (κ2) is 12.2. The summed E-state index contributed by atoms with van der Waals surface area (Å²) in [5.41, 5.74) is 4.58. The number of amides is 2. The Balaban J connectivity index is 1.56. The molecule has 2 aromatic carbocycles. The van der Waals surface area contributed by atoms with Crippen molar-refractivity contribution >= 4 is 18.0 Å². The van der Waals surface area contributed by atoms with Gasteiger partial charge >= 0.3 is 12.1 Å². The summed E-state index contributed by atoms with van der Waals surface area (Å²) in [4.78, 5) is 36.1. The van der Waals surface area contributed by atoms with Crippen LogP contribution in [0.2, 0.25) is 0 Å².